The van der Waals surface area contributed by atoms with Crippen LogP contribution in [0.5, 0.6) is 5.75 Å². The van der Waals surface area contributed by atoms with Crippen molar-refractivity contribution in [1.82, 2.24) is 4.98 Å². The number of rotatable bonds is 5. The number of ether oxygens (including phenoxy) is 1. The normalized spacial score (nSPS) is 10.3. The molecule has 2 rings (SSSR count). The molecule has 0 atom stereocenters. The molecule has 0 spiro atoms. The number of halogens is 1. The average molecular weight is 339 g/mol. The monoisotopic (exact) mass is 338 g/mol. The Bertz CT molecular complexity index is 616. The maximum absolute atomic E-state index is 11.0. The molecule has 0 saturated heterocycles. The number of hydrogen-bond acceptors (Lipinski definition) is 5. The first-order valence-corrected chi connectivity index (χ1v) is 6.51. The van der Waals surface area contributed by atoms with Gasteiger partial charge in [0.05, 0.1) is 29.0 Å². The molecular weight excluding hydrogens is 328 g/mol. The minimum atomic E-state index is -0.448. The van der Waals surface area contributed by atoms with Gasteiger partial charge in [-0.3, -0.25) is 15.1 Å². The van der Waals surface area contributed by atoms with Crippen molar-refractivity contribution in [1.29, 1.82) is 0 Å². The van der Waals surface area contributed by atoms with Crippen molar-refractivity contribution in [2.75, 3.05) is 0 Å². The van der Waals surface area contributed by atoms with Gasteiger partial charge >= 0.3 is 0 Å². The molecular formula is C13H11BrN2O4. The second-order valence-electron chi connectivity index (χ2n) is 3.96. The van der Waals surface area contributed by atoms with Crippen LogP contribution in [0, 0.1) is 10.1 Å². The minimum absolute atomic E-state index is 0.000637. The fourth-order valence-electron chi connectivity index (χ4n) is 1.58. The summed E-state index contributed by atoms with van der Waals surface area (Å²) in [5, 5.41) is 19.8. The van der Waals surface area contributed by atoms with Crippen LogP contribution in [-0.4, -0.2) is 15.0 Å². The maximum Gasteiger partial charge on any atom is 0.277 e. The lowest BCUT2D eigenvalue weighted by molar-refractivity contribution is -0.385. The predicted octanol–water partition coefficient (Wildman–Crippen LogP) is 2.82. The van der Waals surface area contributed by atoms with Crippen LogP contribution in [-0.2, 0) is 13.2 Å². The van der Waals surface area contributed by atoms with E-state index in [1.807, 2.05) is 0 Å². The van der Waals surface area contributed by atoms with Crippen molar-refractivity contribution in [3.8, 4) is 5.75 Å². The van der Waals surface area contributed by atoms with Crippen LogP contribution in [0.3, 0.4) is 0 Å². The van der Waals surface area contributed by atoms with Gasteiger partial charge in [0.25, 0.3) is 5.69 Å². The Kier molecular flexibility index (Phi) is 4.65. The van der Waals surface area contributed by atoms with Crippen LogP contribution >= 0.6 is 15.9 Å². The summed E-state index contributed by atoms with van der Waals surface area (Å²) >= 11 is 3.20. The van der Waals surface area contributed by atoms with Gasteiger partial charge in [0, 0.05) is 10.5 Å². The van der Waals surface area contributed by atoms with Crippen molar-refractivity contribution in [3.05, 3.63) is 62.4 Å². The summed E-state index contributed by atoms with van der Waals surface area (Å²) in [6, 6.07) is 8.08. The lowest BCUT2D eigenvalue weighted by Gasteiger charge is -2.07. The van der Waals surface area contributed by atoms with Gasteiger partial charge in [-0.2, -0.15) is 0 Å². The number of aliphatic hydroxyl groups is 1. The zero-order chi connectivity index (χ0) is 14.5. The van der Waals surface area contributed by atoms with E-state index in [4.69, 9.17) is 9.84 Å². The first kappa shape index (κ1) is 14.4. The molecule has 0 fully saturated rings. The van der Waals surface area contributed by atoms with E-state index >= 15 is 0 Å². The number of benzene rings is 1. The van der Waals surface area contributed by atoms with Crippen molar-refractivity contribution < 1.29 is 14.8 Å². The molecule has 0 saturated carbocycles. The fourth-order valence-corrected chi connectivity index (χ4v) is 1.93. The highest BCUT2D eigenvalue weighted by molar-refractivity contribution is 9.10. The number of nitrogens with zero attached hydrogens (tertiary/aromatic N) is 2. The predicted molar refractivity (Wildman–Crippen MR) is 75.3 cm³/mol. The van der Waals surface area contributed by atoms with Crippen LogP contribution in [0.15, 0.2) is 41.0 Å². The summed E-state index contributed by atoms with van der Waals surface area (Å²) in [4.78, 5) is 14.5. The van der Waals surface area contributed by atoms with E-state index in [1.165, 1.54) is 12.3 Å². The van der Waals surface area contributed by atoms with Gasteiger partial charge in [0.2, 0.25) is 0 Å². The first-order chi connectivity index (χ1) is 9.60. The lowest BCUT2D eigenvalue weighted by atomic mass is 10.2. The largest absolute Gasteiger partial charge is 0.487 e. The van der Waals surface area contributed by atoms with Crippen LogP contribution in [0.2, 0.25) is 0 Å². The molecule has 1 aromatic heterocycles. The lowest BCUT2D eigenvalue weighted by Crippen LogP contribution is -2.01. The molecule has 0 radical (unpaired) electrons. The maximum atomic E-state index is 11.0. The van der Waals surface area contributed by atoms with Gasteiger partial charge in [0.15, 0.2) is 0 Å². The molecule has 0 bridgehead atoms. The molecule has 104 valence electrons. The second kappa shape index (κ2) is 6.44. The van der Waals surface area contributed by atoms with Gasteiger partial charge in [-0.05, 0) is 24.3 Å². The number of hydrogen-bond donors (Lipinski definition) is 1. The highest BCUT2D eigenvalue weighted by atomic mass is 79.9. The van der Waals surface area contributed by atoms with E-state index in [-0.39, 0.29) is 18.9 Å². The van der Waals surface area contributed by atoms with Crippen molar-refractivity contribution in [2.45, 2.75) is 13.2 Å². The third kappa shape index (κ3) is 3.52. The van der Waals surface area contributed by atoms with E-state index in [0.717, 1.165) is 0 Å². The molecule has 1 heterocycles. The van der Waals surface area contributed by atoms with Crippen molar-refractivity contribution in [3.63, 3.8) is 0 Å². The van der Waals surface area contributed by atoms with Crippen LogP contribution in [0.4, 0.5) is 5.69 Å². The first-order valence-electron chi connectivity index (χ1n) is 5.71. The standard InChI is InChI=1S/C13H11BrN2O4/c14-10-2-1-9(13(5-10)16(18)19)8-20-12-4-3-11(7-17)15-6-12/h1-6,17H,7-8H2. The average Bonchev–Trinajstić information content (AvgIpc) is 2.46. The quantitative estimate of drug-likeness (QED) is 0.669. The zero-order valence-electron chi connectivity index (χ0n) is 10.3. The highest BCUT2D eigenvalue weighted by Crippen LogP contribution is 2.24. The smallest absolute Gasteiger partial charge is 0.277 e. The summed E-state index contributed by atoms with van der Waals surface area (Å²) < 4.78 is 6.10. The topological polar surface area (TPSA) is 85.5 Å². The van der Waals surface area contributed by atoms with Crippen molar-refractivity contribution in [2.24, 2.45) is 0 Å². The molecule has 6 nitrogen and oxygen atoms in total. The Morgan fingerprint density at radius 3 is 2.75 bits per heavy atom. The van der Waals surface area contributed by atoms with Gasteiger partial charge in [0.1, 0.15) is 12.4 Å². The molecule has 0 aliphatic carbocycles. The molecule has 0 aliphatic rings. The molecule has 0 amide bonds. The number of nitro benzene ring substituents is 1. The molecule has 7 heteroatoms. The van der Waals surface area contributed by atoms with E-state index < -0.39 is 4.92 Å². The van der Waals surface area contributed by atoms with Crippen LogP contribution in [0.1, 0.15) is 11.3 Å². The second-order valence-corrected chi connectivity index (χ2v) is 4.88. The Hall–Kier alpha value is -1.99. The molecule has 1 aromatic carbocycles. The number of nitro groups is 1. The summed E-state index contributed by atoms with van der Waals surface area (Å²) in [6.07, 6.45) is 1.47. The molecule has 2 aromatic rings. The Morgan fingerprint density at radius 1 is 1.35 bits per heavy atom. The third-order valence-electron chi connectivity index (χ3n) is 2.60. The van der Waals surface area contributed by atoms with Gasteiger partial charge in [-0.1, -0.05) is 15.9 Å². The Morgan fingerprint density at radius 2 is 2.15 bits per heavy atom. The molecule has 0 aliphatic heterocycles. The van der Waals surface area contributed by atoms with Crippen molar-refractivity contribution >= 4 is 21.6 Å². The van der Waals surface area contributed by atoms with E-state index in [9.17, 15) is 10.1 Å². The minimum Gasteiger partial charge on any atom is -0.487 e. The van der Waals surface area contributed by atoms with E-state index in [0.29, 0.717) is 21.5 Å². The van der Waals surface area contributed by atoms with E-state index in [1.54, 1.807) is 24.3 Å². The van der Waals surface area contributed by atoms with Crippen LogP contribution in [0.25, 0.3) is 0 Å². The number of aromatic nitrogens is 1. The van der Waals surface area contributed by atoms with E-state index in [2.05, 4.69) is 20.9 Å². The fraction of sp³-hybridized carbons (Fsp3) is 0.154. The zero-order valence-corrected chi connectivity index (χ0v) is 11.9. The molecule has 0 unspecified atom stereocenters. The summed E-state index contributed by atoms with van der Waals surface area (Å²) in [6.45, 7) is -0.0673. The van der Waals surface area contributed by atoms with Crippen LogP contribution < -0.4 is 4.74 Å². The summed E-state index contributed by atoms with van der Waals surface area (Å²) in [5.74, 6) is 0.486. The Labute approximate surface area is 123 Å². The highest BCUT2D eigenvalue weighted by Gasteiger charge is 2.14. The third-order valence-corrected chi connectivity index (χ3v) is 3.09. The SMILES string of the molecule is O=[N+]([O-])c1cc(Br)ccc1COc1ccc(CO)nc1. The summed E-state index contributed by atoms with van der Waals surface area (Å²) in [7, 11) is 0. The van der Waals surface area contributed by atoms with Gasteiger partial charge in [-0.15, -0.1) is 0 Å². The van der Waals surface area contributed by atoms with Gasteiger partial charge < -0.3 is 9.84 Å². The number of pyridine rings is 1. The molecule has 1 N–H and O–H groups in total. The summed E-state index contributed by atoms with van der Waals surface area (Å²) in [5.41, 5.74) is 1.01. The van der Waals surface area contributed by atoms with Gasteiger partial charge in [-0.25, -0.2) is 0 Å². The Balaban J connectivity index is 2.12. The molecule has 20 heavy (non-hydrogen) atoms. The number of aliphatic hydroxyl groups excluding tert-OH is 1.